The molecule has 1 N–H and O–H groups in total. The lowest BCUT2D eigenvalue weighted by Gasteiger charge is -2.08. The van der Waals surface area contributed by atoms with Gasteiger partial charge in [-0.3, -0.25) is 0 Å². The van der Waals surface area contributed by atoms with E-state index in [1.165, 1.54) is 0 Å². The Labute approximate surface area is 89.1 Å². The minimum Gasteiger partial charge on any atom is -0.388 e. The number of hydrogen-bond acceptors (Lipinski definition) is 1. The first-order valence-electron chi connectivity index (χ1n) is 3.77. The highest BCUT2D eigenvalue weighted by Gasteiger charge is 2.05. The quantitative estimate of drug-likeness (QED) is 0.882. The average molecular weight is 294 g/mol. The van der Waals surface area contributed by atoms with Crippen LogP contribution in [-0.4, -0.2) is 5.11 Å². The van der Waals surface area contributed by atoms with Gasteiger partial charge in [-0.05, 0) is 30.2 Å². The van der Waals surface area contributed by atoms with Crippen molar-refractivity contribution in [2.45, 2.75) is 19.4 Å². The second-order valence-corrected chi connectivity index (χ2v) is 4.46. The monoisotopic (exact) mass is 292 g/mol. The summed E-state index contributed by atoms with van der Waals surface area (Å²) in [6.07, 6.45) is 0.377. The van der Waals surface area contributed by atoms with Gasteiger partial charge in [-0.2, -0.15) is 0 Å². The van der Waals surface area contributed by atoms with Crippen LogP contribution in [0.25, 0.3) is 0 Å². The van der Waals surface area contributed by atoms with Crippen LogP contribution in [0.4, 0.5) is 0 Å². The third-order valence-electron chi connectivity index (χ3n) is 1.66. The summed E-state index contributed by atoms with van der Waals surface area (Å²) in [7, 11) is 0. The van der Waals surface area contributed by atoms with Crippen LogP contribution in [0.5, 0.6) is 0 Å². The number of aliphatic hydroxyl groups excluding tert-OH is 1. The maximum absolute atomic E-state index is 9.54. The lowest BCUT2D eigenvalue weighted by Crippen LogP contribution is -1.94. The molecule has 0 bridgehead atoms. The standard InChI is InChI=1S/C9H10Br2O/c1-2-9(12)6-3-7(10)5-8(11)4-6/h3-5,9,12H,2H2,1H3. The number of hydrogen-bond donors (Lipinski definition) is 1. The van der Waals surface area contributed by atoms with Gasteiger partial charge >= 0.3 is 0 Å². The Morgan fingerprint density at radius 3 is 2.17 bits per heavy atom. The Hall–Kier alpha value is 0.140. The van der Waals surface area contributed by atoms with Crippen molar-refractivity contribution in [1.82, 2.24) is 0 Å². The largest absolute Gasteiger partial charge is 0.388 e. The Kier molecular flexibility index (Phi) is 3.75. The first-order chi connectivity index (χ1) is 5.63. The van der Waals surface area contributed by atoms with Gasteiger partial charge in [0.1, 0.15) is 0 Å². The van der Waals surface area contributed by atoms with Crippen molar-refractivity contribution in [3.8, 4) is 0 Å². The highest BCUT2D eigenvalue weighted by molar-refractivity contribution is 9.11. The first-order valence-corrected chi connectivity index (χ1v) is 5.36. The topological polar surface area (TPSA) is 20.2 Å². The van der Waals surface area contributed by atoms with Crippen LogP contribution in [0, 0.1) is 0 Å². The van der Waals surface area contributed by atoms with E-state index in [1.54, 1.807) is 0 Å². The van der Waals surface area contributed by atoms with E-state index in [0.29, 0.717) is 0 Å². The van der Waals surface area contributed by atoms with E-state index in [4.69, 9.17) is 0 Å². The fourth-order valence-corrected chi connectivity index (χ4v) is 2.33. The van der Waals surface area contributed by atoms with E-state index in [-0.39, 0.29) is 6.10 Å². The maximum Gasteiger partial charge on any atom is 0.0788 e. The van der Waals surface area contributed by atoms with Gasteiger partial charge in [0.15, 0.2) is 0 Å². The summed E-state index contributed by atoms with van der Waals surface area (Å²) in [5, 5.41) is 9.54. The Bertz CT molecular complexity index is 253. The molecule has 0 aliphatic carbocycles. The molecule has 0 radical (unpaired) electrons. The number of rotatable bonds is 2. The van der Waals surface area contributed by atoms with Gasteiger partial charge in [0.25, 0.3) is 0 Å². The minimum atomic E-state index is -0.362. The molecule has 1 atom stereocenters. The lowest BCUT2D eigenvalue weighted by atomic mass is 10.1. The van der Waals surface area contributed by atoms with Gasteiger partial charge in [-0.25, -0.2) is 0 Å². The molecule has 0 saturated carbocycles. The molecule has 0 spiro atoms. The van der Waals surface area contributed by atoms with Crippen LogP contribution in [-0.2, 0) is 0 Å². The zero-order chi connectivity index (χ0) is 9.14. The van der Waals surface area contributed by atoms with Crippen molar-refractivity contribution in [2.75, 3.05) is 0 Å². The Balaban J connectivity index is 3.00. The summed E-state index contributed by atoms with van der Waals surface area (Å²) in [6, 6.07) is 5.81. The second-order valence-electron chi connectivity index (χ2n) is 2.63. The average Bonchev–Trinajstić information content (AvgIpc) is 2.01. The molecule has 0 aromatic heterocycles. The maximum atomic E-state index is 9.54. The summed E-state index contributed by atoms with van der Waals surface area (Å²) < 4.78 is 1.97. The van der Waals surface area contributed by atoms with E-state index in [9.17, 15) is 5.11 Å². The van der Waals surface area contributed by atoms with Crippen LogP contribution in [0.15, 0.2) is 27.1 Å². The molecular formula is C9H10Br2O. The van der Waals surface area contributed by atoms with Gasteiger partial charge in [0.05, 0.1) is 6.10 Å². The van der Waals surface area contributed by atoms with Gasteiger partial charge in [-0.1, -0.05) is 38.8 Å². The molecule has 0 aliphatic heterocycles. The second kappa shape index (κ2) is 4.40. The summed E-state index contributed by atoms with van der Waals surface area (Å²) in [5.74, 6) is 0. The zero-order valence-electron chi connectivity index (χ0n) is 6.72. The van der Waals surface area contributed by atoms with Crippen LogP contribution in [0.1, 0.15) is 25.0 Å². The van der Waals surface area contributed by atoms with Crippen LogP contribution in [0.3, 0.4) is 0 Å². The van der Waals surface area contributed by atoms with E-state index < -0.39 is 0 Å². The highest BCUT2D eigenvalue weighted by Crippen LogP contribution is 2.25. The molecule has 0 fully saturated rings. The molecule has 0 saturated heterocycles. The Morgan fingerprint density at radius 2 is 1.75 bits per heavy atom. The molecule has 0 aliphatic rings. The van der Waals surface area contributed by atoms with Crippen molar-refractivity contribution in [3.63, 3.8) is 0 Å². The van der Waals surface area contributed by atoms with Crippen molar-refractivity contribution < 1.29 is 5.11 Å². The molecule has 1 rings (SSSR count). The highest BCUT2D eigenvalue weighted by atomic mass is 79.9. The third-order valence-corrected chi connectivity index (χ3v) is 2.57. The van der Waals surface area contributed by atoms with E-state index in [0.717, 1.165) is 20.9 Å². The molecule has 66 valence electrons. The predicted molar refractivity (Wildman–Crippen MR) is 57.1 cm³/mol. The molecule has 1 unspecified atom stereocenters. The van der Waals surface area contributed by atoms with Crippen molar-refractivity contribution in [2.24, 2.45) is 0 Å². The van der Waals surface area contributed by atoms with Crippen molar-refractivity contribution in [3.05, 3.63) is 32.7 Å². The summed E-state index contributed by atoms with van der Waals surface area (Å²) in [6.45, 7) is 1.96. The van der Waals surface area contributed by atoms with Gasteiger partial charge in [-0.15, -0.1) is 0 Å². The minimum absolute atomic E-state index is 0.362. The van der Waals surface area contributed by atoms with Crippen LogP contribution in [0.2, 0.25) is 0 Å². The summed E-state index contributed by atoms with van der Waals surface area (Å²) in [5.41, 5.74) is 0.943. The number of benzene rings is 1. The normalized spacial score (nSPS) is 13.0. The molecule has 0 heterocycles. The SMILES string of the molecule is CCC(O)c1cc(Br)cc(Br)c1. The predicted octanol–water partition coefficient (Wildman–Crippen LogP) is 3.66. The lowest BCUT2D eigenvalue weighted by molar-refractivity contribution is 0.173. The first kappa shape index (κ1) is 10.2. The molecule has 3 heteroatoms. The van der Waals surface area contributed by atoms with Crippen molar-refractivity contribution >= 4 is 31.9 Å². The van der Waals surface area contributed by atoms with Crippen molar-refractivity contribution in [1.29, 1.82) is 0 Å². The van der Waals surface area contributed by atoms with Gasteiger partial charge in [0.2, 0.25) is 0 Å². The summed E-state index contributed by atoms with van der Waals surface area (Å²) >= 11 is 6.74. The molecule has 0 amide bonds. The smallest absolute Gasteiger partial charge is 0.0788 e. The fraction of sp³-hybridized carbons (Fsp3) is 0.333. The fourth-order valence-electron chi connectivity index (χ4n) is 1.00. The van der Waals surface area contributed by atoms with Crippen LogP contribution < -0.4 is 0 Å². The molecular weight excluding hydrogens is 284 g/mol. The summed E-state index contributed by atoms with van der Waals surface area (Å²) in [4.78, 5) is 0. The zero-order valence-corrected chi connectivity index (χ0v) is 9.89. The van der Waals surface area contributed by atoms with E-state index in [2.05, 4.69) is 31.9 Å². The molecule has 1 aromatic carbocycles. The molecule has 1 aromatic rings. The number of aliphatic hydroxyl groups is 1. The molecule has 1 nitrogen and oxygen atoms in total. The Morgan fingerprint density at radius 1 is 1.25 bits per heavy atom. The van der Waals surface area contributed by atoms with Crippen LogP contribution >= 0.6 is 31.9 Å². The third kappa shape index (κ3) is 2.57. The number of halogens is 2. The van der Waals surface area contributed by atoms with E-state index in [1.807, 2.05) is 25.1 Å². The van der Waals surface area contributed by atoms with Gasteiger partial charge < -0.3 is 5.11 Å². The van der Waals surface area contributed by atoms with Gasteiger partial charge in [0, 0.05) is 8.95 Å². The molecule has 12 heavy (non-hydrogen) atoms. The van der Waals surface area contributed by atoms with E-state index >= 15 is 0 Å².